The first kappa shape index (κ1) is 18.3. The Morgan fingerprint density at radius 1 is 1.25 bits per heavy atom. The van der Waals surface area contributed by atoms with Gasteiger partial charge in [-0.1, -0.05) is 25.1 Å². The fourth-order valence-corrected chi connectivity index (χ4v) is 3.17. The van der Waals surface area contributed by atoms with Crippen molar-refractivity contribution >= 4 is 11.8 Å². The number of piperidine rings is 1. The van der Waals surface area contributed by atoms with Gasteiger partial charge in [0.1, 0.15) is 5.75 Å². The summed E-state index contributed by atoms with van der Waals surface area (Å²) in [6.07, 6.45) is 4.25. The van der Waals surface area contributed by atoms with Crippen LogP contribution in [-0.2, 0) is 16.0 Å². The molecule has 0 bridgehead atoms. The minimum absolute atomic E-state index is 0.0233. The second-order valence-corrected chi connectivity index (χ2v) is 6.37. The Morgan fingerprint density at radius 2 is 1.96 bits per heavy atom. The van der Waals surface area contributed by atoms with Crippen molar-refractivity contribution in [3.8, 4) is 5.75 Å². The smallest absolute Gasteiger partial charge is 0.241 e. The van der Waals surface area contributed by atoms with E-state index in [4.69, 9.17) is 4.74 Å². The molecule has 5 nitrogen and oxygen atoms in total. The van der Waals surface area contributed by atoms with E-state index in [2.05, 4.69) is 11.4 Å². The zero-order valence-corrected chi connectivity index (χ0v) is 14.7. The Morgan fingerprint density at radius 3 is 2.62 bits per heavy atom. The van der Waals surface area contributed by atoms with E-state index in [0.29, 0.717) is 12.3 Å². The Labute approximate surface area is 144 Å². The van der Waals surface area contributed by atoms with Crippen molar-refractivity contribution in [3.63, 3.8) is 0 Å². The highest BCUT2D eigenvalue weighted by Gasteiger charge is 2.23. The van der Waals surface area contributed by atoms with Crippen molar-refractivity contribution in [1.82, 2.24) is 10.2 Å². The average Bonchev–Trinajstić information content (AvgIpc) is 2.61. The highest BCUT2D eigenvalue weighted by molar-refractivity contribution is 5.84. The Bertz CT molecular complexity index is 551. The average molecular weight is 332 g/mol. The number of nitrogens with zero attached hydrogens (tertiary/aromatic N) is 1. The van der Waals surface area contributed by atoms with Crippen LogP contribution in [0.15, 0.2) is 24.3 Å². The third-order valence-corrected chi connectivity index (χ3v) is 4.58. The van der Waals surface area contributed by atoms with E-state index in [1.54, 1.807) is 7.11 Å². The lowest BCUT2D eigenvalue weighted by Gasteiger charge is -2.32. The van der Waals surface area contributed by atoms with Crippen molar-refractivity contribution in [2.45, 2.75) is 39.0 Å². The van der Waals surface area contributed by atoms with Crippen LogP contribution in [0.1, 0.15) is 38.2 Å². The van der Waals surface area contributed by atoms with Gasteiger partial charge in [0.2, 0.25) is 11.8 Å². The maximum Gasteiger partial charge on any atom is 0.241 e. The highest BCUT2D eigenvalue weighted by atomic mass is 16.5. The molecule has 2 amide bonds. The number of hydrogen-bond donors (Lipinski definition) is 1. The van der Waals surface area contributed by atoms with E-state index < -0.39 is 0 Å². The van der Waals surface area contributed by atoms with E-state index in [-0.39, 0.29) is 18.4 Å². The van der Waals surface area contributed by atoms with Gasteiger partial charge in [0.25, 0.3) is 0 Å². The third-order valence-electron chi connectivity index (χ3n) is 4.58. The van der Waals surface area contributed by atoms with Crippen LogP contribution in [-0.4, -0.2) is 43.5 Å². The number of likely N-dealkylation sites (tertiary alicyclic amines) is 1. The molecule has 132 valence electrons. The van der Waals surface area contributed by atoms with Gasteiger partial charge in [0, 0.05) is 19.5 Å². The molecule has 1 fully saturated rings. The van der Waals surface area contributed by atoms with E-state index >= 15 is 0 Å². The lowest BCUT2D eigenvalue weighted by molar-refractivity contribution is -0.134. The maximum atomic E-state index is 12.2. The quantitative estimate of drug-likeness (QED) is 0.834. The summed E-state index contributed by atoms with van der Waals surface area (Å²) >= 11 is 0. The van der Waals surface area contributed by atoms with Gasteiger partial charge in [-0.25, -0.2) is 0 Å². The summed E-state index contributed by atoms with van der Waals surface area (Å²) in [6, 6.07) is 8.12. The molecule has 1 aliphatic heterocycles. The first-order chi connectivity index (χ1) is 11.6. The van der Waals surface area contributed by atoms with Crippen molar-refractivity contribution in [1.29, 1.82) is 0 Å². The summed E-state index contributed by atoms with van der Waals surface area (Å²) in [5.74, 6) is 1.49. The molecular formula is C19H28N2O3. The monoisotopic (exact) mass is 332 g/mol. The van der Waals surface area contributed by atoms with Crippen LogP contribution in [0.4, 0.5) is 0 Å². The molecule has 1 heterocycles. The van der Waals surface area contributed by atoms with Crippen LogP contribution in [0.5, 0.6) is 5.75 Å². The van der Waals surface area contributed by atoms with Gasteiger partial charge < -0.3 is 15.0 Å². The molecule has 1 aliphatic rings. The number of para-hydroxylation sites is 1. The van der Waals surface area contributed by atoms with Crippen LogP contribution in [0, 0.1) is 5.92 Å². The molecule has 1 saturated heterocycles. The van der Waals surface area contributed by atoms with Crippen LogP contribution in [0.25, 0.3) is 0 Å². The van der Waals surface area contributed by atoms with Gasteiger partial charge in [-0.05, 0) is 43.2 Å². The molecule has 0 spiro atoms. The van der Waals surface area contributed by atoms with Crippen LogP contribution in [0.3, 0.4) is 0 Å². The van der Waals surface area contributed by atoms with Gasteiger partial charge in [-0.2, -0.15) is 0 Å². The summed E-state index contributed by atoms with van der Waals surface area (Å²) < 4.78 is 5.42. The summed E-state index contributed by atoms with van der Waals surface area (Å²) in [4.78, 5) is 25.5. The van der Waals surface area contributed by atoms with Crippen LogP contribution >= 0.6 is 0 Å². The Kier molecular flexibility index (Phi) is 7.09. The Balaban J connectivity index is 1.76. The molecule has 1 aromatic carbocycles. The van der Waals surface area contributed by atoms with Crippen molar-refractivity contribution in [3.05, 3.63) is 29.8 Å². The predicted octanol–water partition coefficient (Wildman–Crippen LogP) is 2.39. The number of nitrogens with one attached hydrogen (secondary N) is 1. The summed E-state index contributed by atoms with van der Waals surface area (Å²) in [7, 11) is 1.70. The lowest BCUT2D eigenvalue weighted by atomic mass is 9.90. The molecule has 1 N–H and O–H groups in total. The minimum Gasteiger partial charge on any atom is -0.496 e. The number of rotatable bonds is 7. The Hall–Kier alpha value is -2.04. The first-order valence-corrected chi connectivity index (χ1v) is 8.80. The predicted molar refractivity (Wildman–Crippen MR) is 93.9 cm³/mol. The number of ether oxygens (including phenoxy) is 1. The van der Waals surface area contributed by atoms with Crippen molar-refractivity contribution < 1.29 is 14.3 Å². The first-order valence-electron chi connectivity index (χ1n) is 8.80. The topological polar surface area (TPSA) is 58.6 Å². The normalized spacial score (nSPS) is 15.2. The van der Waals surface area contributed by atoms with Crippen LogP contribution < -0.4 is 10.1 Å². The summed E-state index contributed by atoms with van der Waals surface area (Å²) in [5.41, 5.74) is 1.23. The van der Waals surface area contributed by atoms with E-state index in [0.717, 1.165) is 44.5 Å². The van der Waals surface area contributed by atoms with Gasteiger partial charge >= 0.3 is 0 Å². The molecule has 0 saturated carbocycles. The lowest BCUT2D eigenvalue weighted by Crippen LogP contribution is -2.44. The fourth-order valence-electron chi connectivity index (χ4n) is 3.17. The molecule has 0 aliphatic carbocycles. The van der Waals surface area contributed by atoms with Gasteiger partial charge in [-0.3, -0.25) is 9.59 Å². The molecule has 24 heavy (non-hydrogen) atoms. The number of hydrogen-bond acceptors (Lipinski definition) is 3. The number of methoxy groups -OCH3 is 1. The number of amides is 2. The number of benzene rings is 1. The number of carbonyl (C=O) groups excluding carboxylic acids is 2. The molecular weight excluding hydrogens is 304 g/mol. The van der Waals surface area contributed by atoms with E-state index in [1.165, 1.54) is 5.56 Å². The van der Waals surface area contributed by atoms with Crippen molar-refractivity contribution in [2.75, 3.05) is 26.7 Å². The number of carbonyl (C=O) groups is 2. The van der Waals surface area contributed by atoms with E-state index in [1.807, 2.05) is 30.0 Å². The molecule has 0 aromatic heterocycles. The SMILES string of the molecule is CCCC(=O)NCC(=O)N1CCC(Cc2ccccc2OC)CC1. The standard InChI is InChI=1S/C19H28N2O3/c1-3-6-18(22)20-14-19(23)21-11-9-15(10-12-21)13-16-7-4-5-8-17(16)24-2/h4-5,7-8,15H,3,6,9-14H2,1-2H3,(H,20,22). The molecule has 2 rings (SSSR count). The van der Waals surface area contributed by atoms with Crippen LogP contribution in [0.2, 0.25) is 0 Å². The van der Waals surface area contributed by atoms with Crippen molar-refractivity contribution in [2.24, 2.45) is 5.92 Å². The largest absolute Gasteiger partial charge is 0.496 e. The second-order valence-electron chi connectivity index (χ2n) is 6.37. The zero-order chi connectivity index (χ0) is 17.4. The second kappa shape index (κ2) is 9.30. The molecule has 1 aromatic rings. The summed E-state index contributed by atoms with van der Waals surface area (Å²) in [6.45, 7) is 3.61. The maximum absolute atomic E-state index is 12.2. The molecule has 0 radical (unpaired) electrons. The molecule has 0 atom stereocenters. The van der Waals surface area contributed by atoms with Gasteiger partial charge in [0.05, 0.1) is 13.7 Å². The van der Waals surface area contributed by atoms with E-state index in [9.17, 15) is 9.59 Å². The third kappa shape index (κ3) is 5.25. The molecule has 5 heteroatoms. The van der Waals surface area contributed by atoms with Gasteiger partial charge in [0.15, 0.2) is 0 Å². The highest BCUT2D eigenvalue weighted by Crippen LogP contribution is 2.26. The fraction of sp³-hybridized carbons (Fsp3) is 0.579. The summed E-state index contributed by atoms with van der Waals surface area (Å²) in [5, 5.41) is 2.70. The minimum atomic E-state index is -0.0445. The van der Waals surface area contributed by atoms with Gasteiger partial charge in [-0.15, -0.1) is 0 Å². The zero-order valence-electron chi connectivity index (χ0n) is 14.7. The molecule has 0 unspecified atom stereocenters.